The van der Waals surface area contributed by atoms with Crippen LogP contribution in [0.1, 0.15) is 55.5 Å². The molecule has 2 aromatic rings. The molecule has 0 aliphatic carbocycles. The SMILES string of the molecule is CC(C)c1ccc([C@@H](NC(=O)[C@@H]2C[C@@H](F)CN2C(=O)CN2CCC(=O)NC2=O)c2ccccc2)nc1F. The van der Waals surface area contributed by atoms with Crippen molar-refractivity contribution in [2.45, 2.75) is 50.9 Å². The maximum atomic E-state index is 14.7. The van der Waals surface area contributed by atoms with Gasteiger partial charge in [0.15, 0.2) is 0 Å². The van der Waals surface area contributed by atoms with Crippen molar-refractivity contribution in [3.63, 3.8) is 0 Å². The van der Waals surface area contributed by atoms with E-state index in [0.717, 1.165) is 9.80 Å². The van der Waals surface area contributed by atoms with Gasteiger partial charge < -0.3 is 15.1 Å². The molecule has 0 bridgehead atoms. The molecular formula is C26H29F2N5O4. The molecule has 5 amide bonds. The molecule has 4 rings (SSSR count). The van der Waals surface area contributed by atoms with Crippen molar-refractivity contribution in [1.29, 1.82) is 0 Å². The van der Waals surface area contributed by atoms with Crippen LogP contribution < -0.4 is 10.6 Å². The monoisotopic (exact) mass is 513 g/mol. The topological polar surface area (TPSA) is 112 Å². The second-order valence-corrected chi connectivity index (χ2v) is 9.54. The number of pyridine rings is 1. The number of imide groups is 1. The Labute approximate surface area is 213 Å². The van der Waals surface area contributed by atoms with Crippen molar-refractivity contribution >= 4 is 23.8 Å². The van der Waals surface area contributed by atoms with Crippen LogP contribution in [0.15, 0.2) is 42.5 Å². The molecule has 1 aromatic heterocycles. The Balaban J connectivity index is 1.54. The number of halogens is 2. The third kappa shape index (κ3) is 5.92. The number of rotatable bonds is 7. The molecule has 2 fully saturated rings. The van der Waals surface area contributed by atoms with E-state index < -0.39 is 48.0 Å². The Morgan fingerprint density at radius 3 is 2.54 bits per heavy atom. The van der Waals surface area contributed by atoms with Crippen molar-refractivity contribution in [3.8, 4) is 0 Å². The van der Waals surface area contributed by atoms with E-state index in [2.05, 4.69) is 15.6 Å². The molecule has 2 N–H and O–H groups in total. The molecular weight excluding hydrogens is 484 g/mol. The molecule has 1 aromatic carbocycles. The summed E-state index contributed by atoms with van der Waals surface area (Å²) < 4.78 is 29.2. The maximum Gasteiger partial charge on any atom is 0.324 e. The number of hydrogen-bond donors (Lipinski definition) is 2. The molecule has 0 saturated carbocycles. The number of benzene rings is 1. The summed E-state index contributed by atoms with van der Waals surface area (Å²) >= 11 is 0. The Kier molecular flexibility index (Phi) is 7.80. The van der Waals surface area contributed by atoms with Crippen LogP contribution in [0.5, 0.6) is 0 Å². The quantitative estimate of drug-likeness (QED) is 0.553. The smallest absolute Gasteiger partial charge is 0.324 e. The molecule has 37 heavy (non-hydrogen) atoms. The number of amides is 5. The van der Waals surface area contributed by atoms with E-state index in [0.29, 0.717) is 11.1 Å². The Bertz CT molecular complexity index is 1190. The summed E-state index contributed by atoms with van der Waals surface area (Å²) in [4.78, 5) is 56.1. The van der Waals surface area contributed by atoms with Crippen molar-refractivity contribution in [1.82, 2.24) is 25.4 Å². The number of carbonyl (C=O) groups is 4. The summed E-state index contributed by atoms with van der Waals surface area (Å²) in [5.41, 5.74) is 1.35. The van der Waals surface area contributed by atoms with Crippen LogP contribution in [0.3, 0.4) is 0 Å². The normalized spacial score (nSPS) is 20.7. The van der Waals surface area contributed by atoms with Crippen molar-refractivity contribution in [3.05, 3.63) is 65.2 Å². The molecule has 9 nitrogen and oxygen atoms in total. The number of nitrogens with zero attached hydrogens (tertiary/aromatic N) is 3. The van der Waals surface area contributed by atoms with Gasteiger partial charge in [-0.2, -0.15) is 4.39 Å². The Morgan fingerprint density at radius 2 is 1.89 bits per heavy atom. The van der Waals surface area contributed by atoms with Gasteiger partial charge in [-0.15, -0.1) is 0 Å². The molecule has 3 atom stereocenters. The third-order valence-corrected chi connectivity index (χ3v) is 6.58. The summed E-state index contributed by atoms with van der Waals surface area (Å²) in [5, 5.41) is 4.96. The Hall–Kier alpha value is -3.89. The van der Waals surface area contributed by atoms with Crippen LogP contribution in [0.4, 0.5) is 13.6 Å². The number of aromatic nitrogens is 1. The van der Waals surface area contributed by atoms with Crippen LogP contribution in [0.25, 0.3) is 0 Å². The first-order valence-electron chi connectivity index (χ1n) is 12.2. The Morgan fingerprint density at radius 1 is 1.16 bits per heavy atom. The molecule has 0 unspecified atom stereocenters. The first kappa shape index (κ1) is 26.2. The number of nitrogens with one attached hydrogen (secondary N) is 2. The van der Waals surface area contributed by atoms with Crippen molar-refractivity contribution in [2.24, 2.45) is 0 Å². The molecule has 0 spiro atoms. The van der Waals surface area contributed by atoms with E-state index >= 15 is 0 Å². The van der Waals surface area contributed by atoms with Crippen LogP contribution in [0, 0.1) is 5.95 Å². The summed E-state index contributed by atoms with van der Waals surface area (Å²) in [6, 6.07) is 9.46. The number of alkyl halides is 1. The zero-order valence-corrected chi connectivity index (χ0v) is 20.6. The standard InChI is InChI=1S/C26H29F2N5O4/c1-15(2)18-8-9-19(29-24(18)28)23(16-6-4-3-5-7-16)31-25(36)20-12-17(27)13-33(20)22(35)14-32-11-10-21(34)30-26(32)37/h3-9,15,17,20,23H,10-14H2,1-2H3,(H,31,36)(H,30,34,37)/t17-,20+,23+/m1/s1. The maximum absolute atomic E-state index is 14.7. The summed E-state index contributed by atoms with van der Waals surface area (Å²) in [5.74, 6) is -2.37. The number of hydrogen-bond acceptors (Lipinski definition) is 5. The highest BCUT2D eigenvalue weighted by molar-refractivity contribution is 5.98. The highest BCUT2D eigenvalue weighted by atomic mass is 19.1. The predicted molar refractivity (Wildman–Crippen MR) is 129 cm³/mol. The molecule has 3 heterocycles. The second-order valence-electron chi connectivity index (χ2n) is 9.54. The van der Waals surface area contributed by atoms with Crippen LogP contribution in [-0.2, 0) is 14.4 Å². The van der Waals surface area contributed by atoms with Gasteiger partial charge >= 0.3 is 6.03 Å². The van der Waals surface area contributed by atoms with E-state index in [9.17, 15) is 28.0 Å². The van der Waals surface area contributed by atoms with Gasteiger partial charge in [0.2, 0.25) is 23.7 Å². The number of likely N-dealkylation sites (tertiary alicyclic amines) is 1. The fourth-order valence-electron chi connectivity index (χ4n) is 4.58. The number of carbonyl (C=O) groups excluding carboxylic acids is 4. The minimum atomic E-state index is -1.42. The lowest BCUT2D eigenvalue weighted by molar-refractivity contribution is -0.139. The van der Waals surface area contributed by atoms with Crippen LogP contribution >= 0.6 is 0 Å². The van der Waals surface area contributed by atoms with E-state index in [4.69, 9.17) is 0 Å². The number of urea groups is 1. The van der Waals surface area contributed by atoms with Crippen molar-refractivity contribution in [2.75, 3.05) is 19.6 Å². The van der Waals surface area contributed by atoms with E-state index in [1.54, 1.807) is 42.5 Å². The first-order valence-corrected chi connectivity index (χ1v) is 12.2. The summed E-state index contributed by atoms with van der Waals surface area (Å²) in [6.45, 7) is 3.07. The molecule has 0 radical (unpaired) electrons. The van der Waals surface area contributed by atoms with E-state index in [1.165, 1.54) is 0 Å². The van der Waals surface area contributed by atoms with Gasteiger partial charge in [-0.1, -0.05) is 50.2 Å². The molecule has 196 valence electrons. The van der Waals surface area contributed by atoms with Gasteiger partial charge in [0.05, 0.1) is 18.3 Å². The predicted octanol–water partition coefficient (Wildman–Crippen LogP) is 2.43. The lowest BCUT2D eigenvalue weighted by Gasteiger charge is -2.30. The lowest BCUT2D eigenvalue weighted by Crippen LogP contribution is -2.54. The van der Waals surface area contributed by atoms with Crippen LogP contribution in [0.2, 0.25) is 0 Å². The average molecular weight is 514 g/mol. The largest absolute Gasteiger partial charge is 0.342 e. The van der Waals surface area contributed by atoms with Gasteiger partial charge in [0, 0.05) is 24.9 Å². The summed E-state index contributed by atoms with van der Waals surface area (Å²) in [6.07, 6.45) is -1.59. The molecule has 11 heteroatoms. The van der Waals surface area contributed by atoms with E-state index in [-0.39, 0.29) is 44.1 Å². The zero-order chi connectivity index (χ0) is 26.7. The van der Waals surface area contributed by atoms with Crippen LogP contribution in [-0.4, -0.2) is 70.4 Å². The average Bonchev–Trinajstić information content (AvgIpc) is 3.26. The van der Waals surface area contributed by atoms with Gasteiger partial charge in [-0.25, -0.2) is 14.2 Å². The van der Waals surface area contributed by atoms with Gasteiger partial charge in [-0.05, 0) is 17.5 Å². The second kappa shape index (κ2) is 11.0. The highest BCUT2D eigenvalue weighted by Gasteiger charge is 2.41. The third-order valence-electron chi connectivity index (χ3n) is 6.58. The fraction of sp³-hybridized carbons (Fsp3) is 0.423. The van der Waals surface area contributed by atoms with Gasteiger partial charge in [0.25, 0.3) is 0 Å². The van der Waals surface area contributed by atoms with Gasteiger partial charge in [-0.3, -0.25) is 19.7 Å². The summed E-state index contributed by atoms with van der Waals surface area (Å²) in [7, 11) is 0. The molecule has 2 saturated heterocycles. The zero-order valence-electron chi connectivity index (χ0n) is 20.6. The van der Waals surface area contributed by atoms with E-state index in [1.807, 2.05) is 13.8 Å². The fourth-order valence-corrected chi connectivity index (χ4v) is 4.58. The van der Waals surface area contributed by atoms with Crippen molar-refractivity contribution < 1.29 is 28.0 Å². The highest BCUT2D eigenvalue weighted by Crippen LogP contribution is 2.27. The lowest BCUT2D eigenvalue weighted by atomic mass is 9.99. The molecule has 2 aliphatic heterocycles. The molecule has 2 aliphatic rings. The minimum Gasteiger partial charge on any atom is -0.342 e. The van der Waals surface area contributed by atoms with Gasteiger partial charge in [0.1, 0.15) is 18.8 Å². The minimum absolute atomic E-state index is 0.0482. The first-order chi connectivity index (χ1) is 17.6.